The van der Waals surface area contributed by atoms with E-state index in [0.29, 0.717) is 64.2 Å². The third kappa shape index (κ3) is 15.0. The Hall–Kier alpha value is -6.96. The van der Waals surface area contributed by atoms with Crippen molar-refractivity contribution in [1.29, 1.82) is 0 Å². The molecule has 8 aliphatic carbocycles. The Labute approximate surface area is 569 Å². The SMILES string of the molecule is CCC(C)(C)C(=O)OC12CC3CC(C1)CC(C(=O)OCC(F)(F)S(=O)(=O)[O-])(C3)C2.CCC(C)C(=O)OC12CC3CC(C1)CC(C(=O)OCC(F)(F)S(=O)(=O)[O-])(C3)C2.c1ccc([S+]2c3ccccc3Oc3ccccc32)cc1.c1ccc([S+]2c3ccccc3Oc3ccccc32)cc1. The zero-order chi connectivity index (χ0) is 69.6. The summed E-state index contributed by atoms with van der Waals surface area (Å²) >= 11 is 0. The minimum Gasteiger partial charge on any atom is -0.743 e. The fraction of sp³-hybridized carbons (Fsp3) is 0.452. The van der Waals surface area contributed by atoms with Crippen molar-refractivity contribution in [2.75, 3.05) is 13.2 Å². The van der Waals surface area contributed by atoms with E-state index >= 15 is 0 Å². The number of halogens is 4. The topological polar surface area (TPSA) is 238 Å². The van der Waals surface area contributed by atoms with Crippen LogP contribution < -0.4 is 9.47 Å². The van der Waals surface area contributed by atoms with Crippen molar-refractivity contribution < 1.29 is 91.1 Å². The highest BCUT2D eigenvalue weighted by Crippen LogP contribution is 2.65. The molecular formula is C73H78F4O16S4. The number of fused-ring (bicyclic) bond motifs is 4. The van der Waals surface area contributed by atoms with E-state index in [1.54, 1.807) is 20.8 Å². The highest BCUT2D eigenvalue weighted by molar-refractivity contribution is 7.97. The maximum atomic E-state index is 13.4. The molecule has 518 valence electrons. The molecule has 24 heteroatoms. The Bertz CT molecular complexity index is 3890. The maximum absolute atomic E-state index is 13.4. The minimum atomic E-state index is -5.93. The van der Waals surface area contributed by atoms with E-state index in [1.165, 1.54) is 29.4 Å². The monoisotopic (exact) mass is 1410 g/mol. The van der Waals surface area contributed by atoms with Gasteiger partial charge in [-0.1, -0.05) is 106 Å². The number of benzene rings is 6. The number of carbonyl (C=O) groups excluding carboxylic acids is 4. The smallest absolute Gasteiger partial charge is 0.367 e. The van der Waals surface area contributed by atoms with Gasteiger partial charge in [0.2, 0.25) is 19.6 Å². The first-order chi connectivity index (χ1) is 45.8. The zero-order valence-electron chi connectivity index (χ0n) is 54.4. The van der Waals surface area contributed by atoms with Crippen molar-refractivity contribution >= 4 is 65.9 Å². The Morgan fingerprint density at radius 3 is 1.12 bits per heavy atom. The Balaban J connectivity index is 0.000000133. The van der Waals surface area contributed by atoms with Gasteiger partial charge in [-0.3, -0.25) is 19.2 Å². The molecule has 0 aromatic heterocycles. The normalized spacial score (nSPS) is 25.9. The van der Waals surface area contributed by atoms with Gasteiger partial charge in [-0.05, 0) is 187 Å². The molecule has 97 heavy (non-hydrogen) atoms. The fourth-order valence-electron chi connectivity index (χ4n) is 15.7. The Morgan fingerprint density at radius 1 is 0.505 bits per heavy atom. The van der Waals surface area contributed by atoms with E-state index < -0.39 is 83.3 Å². The highest BCUT2D eigenvalue weighted by atomic mass is 32.2. The van der Waals surface area contributed by atoms with Crippen LogP contribution in [0.2, 0.25) is 0 Å². The van der Waals surface area contributed by atoms with Crippen LogP contribution in [0.1, 0.15) is 125 Å². The van der Waals surface area contributed by atoms with Crippen LogP contribution in [0.25, 0.3) is 0 Å². The molecule has 8 fully saturated rings. The molecule has 10 aliphatic rings. The van der Waals surface area contributed by atoms with Crippen molar-refractivity contribution in [2.45, 2.75) is 176 Å². The van der Waals surface area contributed by atoms with Crippen LogP contribution in [0.4, 0.5) is 17.6 Å². The summed E-state index contributed by atoms with van der Waals surface area (Å²) in [4.78, 5) is 58.2. The van der Waals surface area contributed by atoms with Crippen molar-refractivity contribution in [1.82, 2.24) is 0 Å². The van der Waals surface area contributed by atoms with Gasteiger partial charge in [0.15, 0.2) is 66.2 Å². The number of rotatable bonds is 16. The molecule has 0 N–H and O–H groups in total. The minimum absolute atomic E-state index is 0.0829. The number of esters is 4. The lowest BCUT2D eigenvalue weighted by atomic mass is 9.48. The zero-order valence-corrected chi connectivity index (χ0v) is 57.7. The van der Waals surface area contributed by atoms with Crippen LogP contribution >= 0.6 is 0 Å². The molecular weight excluding hydrogens is 1340 g/mol. The lowest BCUT2D eigenvalue weighted by molar-refractivity contribution is -0.219. The van der Waals surface area contributed by atoms with Crippen LogP contribution in [0.5, 0.6) is 23.0 Å². The van der Waals surface area contributed by atoms with Gasteiger partial charge in [0.25, 0.3) is 0 Å². The number of para-hydroxylation sites is 4. The largest absolute Gasteiger partial charge is 0.743 e. The summed E-state index contributed by atoms with van der Waals surface area (Å²) in [6.45, 7) is 5.48. The second kappa shape index (κ2) is 27.6. The molecule has 0 amide bonds. The Kier molecular flexibility index (Phi) is 20.3. The molecule has 16 nitrogen and oxygen atoms in total. The first kappa shape index (κ1) is 71.3. The molecule has 0 saturated heterocycles. The second-order valence-corrected chi connectivity index (χ2v) is 34.7. The third-order valence-corrected chi connectivity index (χ3v) is 26.4. The fourth-order valence-corrected chi connectivity index (χ4v) is 20.5. The summed E-state index contributed by atoms with van der Waals surface area (Å²) in [6.07, 6.45) is 7.52. The summed E-state index contributed by atoms with van der Waals surface area (Å²) in [7, 11) is -12.0. The van der Waals surface area contributed by atoms with Gasteiger partial charge in [0.1, 0.15) is 33.0 Å². The predicted molar refractivity (Wildman–Crippen MR) is 350 cm³/mol. The molecule has 8 saturated carbocycles. The number of hydrogen-bond donors (Lipinski definition) is 0. The van der Waals surface area contributed by atoms with Gasteiger partial charge in [0, 0.05) is 12.8 Å². The molecule has 5 atom stereocenters. The molecule has 5 unspecified atom stereocenters. The van der Waals surface area contributed by atoms with Crippen molar-refractivity contribution in [2.24, 2.45) is 45.8 Å². The van der Waals surface area contributed by atoms with Crippen LogP contribution in [0.15, 0.2) is 187 Å². The van der Waals surface area contributed by atoms with Gasteiger partial charge < -0.3 is 37.5 Å². The first-order valence-corrected chi connectivity index (χ1v) is 37.9. The molecule has 0 radical (unpaired) electrons. The number of hydrogen-bond acceptors (Lipinski definition) is 16. The summed E-state index contributed by atoms with van der Waals surface area (Å²) in [5, 5.41) is -9.36. The maximum Gasteiger partial charge on any atom is 0.367 e. The summed E-state index contributed by atoms with van der Waals surface area (Å²) in [6, 6.07) is 54.6. The lowest BCUT2D eigenvalue weighted by Gasteiger charge is -2.60. The molecule has 16 rings (SSSR count). The number of alkyl halides is 4. The van der Waals surface area contributed by atoms with Gasteiger partial charge in [-0.25, -0.2) is 16.8 Å². The van der Waals surface area contributed by atoms with Gasteiger partial charge in [-0.15, -0.1) is 0 Å². The van der Waals surface area contributed by atoms with E-state index in [-0.39, 0.29) is 76.2 Å². The highest BCUT2D eigenvalue weighted by Gasteiger charge is 2.65. The molecule has 2 aliphatic heterocycles. The molecule has 0 spiro atoms. The average molecular weight is 1420 g/mol. The van der Waals surface area contributed by atoms with E-state index in [1.807, 2.05) is 62.4 Å². The van der Waals surface area contributed by atoms with E-state index in [2.05, 4.69) is 119 Å². The molecule has 2 heterocycles. The van der Waals surface area contributed by atoms with Gasteiger partial charge in [0.05, 0.1) is 22.2 Å². The van der Waals surface area contributed by atoms with E-state index in [0.717, 1.165) is 35.8 Å². The first-order valence-electron chi connectivity index (χ1n) is 32.6. The predicted octanol–water partition coefficient (Wildman–Crippen LogP) is 15.4. The van der Waals surface area contributed by atoms with Crippen molar-refractivity contribution in [3.8, 4) is 23.0 Å². The average Bonchev–Trinajstić information content (AvgIpc) is 0.674. The second-order valence-electron chi connectivity index (χ2n) is 27.8. The molecule has 8 bridgehead atoms. The standard InChI is InChI=1S/C19H28F2O7S.C18H26F2O7S.2C18H13OS/c1-4-16(2,3)14(22)28-18-8-12-5-13(9-18)7-17(6-12,10-18)15(23)27-11-19(20,21)29(24,25)26;1-3-11(2)14(21)27-17-7-12-4-13(8-17)6-16(5-12,9-17)15(22)26-10-18(19,20)28(23,24)25;2*1-2-8-14(9-3-1)20-17-12-6-4-10-15(17)19-16-11-5-7-13-18(16)20/h12-13H,4-11H2,1-3H3,(H,24,25,26);11-13H,3-10H2,1-2H3,(H,23,24,25);2*1-13H/q;;2*+1/p-2. The van der Waals surface area contributed by atoms with Gasteiger partial charge >= 0.3 is 34.4 Å². The summed E-state index contributed by atoms with van der Waals surface area (Å²) in [5.41, 5.74) is -4.50. The quantitative estimate of drug-likeness (QED) is 0.0287. The Morgan fingerprint density at radius 2 is 0.814 bits per heavy atom. The number of carbonyl (C=O) groups is 4. The molecule has 6 aromatic carbocycles. The van der Waals surface area contributed by atoms with E-state index in [4.69, 9.17) is 18.9 Å². The molecule has 6 aromatic rings. The van der Waals surface area contributed by atoms with Crippen molar-refractivity contribution in [3.05, 3.63) is 158 Å². The third-order valence-electron chi connectivity index (χ3n) is 20.1. The van der Waals surface area contributed by atoms with E-state index in [9.17, 15) is 62.7 Å². The number of ether oxygens (including phenoxy) is 6. The summed E-state index contributed by atoms with van der Waals surface area (Å²) in [5.74, 6) is 1.47. The summed E-state index contributed by atoms with van der Waals surface area (Å²) < 4.78 is 151. The van der Waals surface area contributed by atoms with Crippen LogP contribution in [-0.4, -0.2) is 84.7 Å². The van der Waals surface area contributed by atoms with Crippen LogP contribution in [0, 0.1) is 45.8 Å². The van der Waals surface area contributed by atoms with Crippen molar-refractivity contribution in [3.63, 3.8) is 0 Å². The van der Waals surface area contributed by atoms with Crippen LogP contribution in [-0.2, 0) is 80.2 Å². The lowest BCUT2D eigenvalue weighted by Crippen LogP contribution is -2.60. The van der Waals surface area contributed by atoms with Crippen LogP contribution in [0.3, 0.4) is 0 Å². The van der Waals surface area contributed by atoms with Gasteiger partial charge in [-0.2, -0.15) is 17.6 Å².